The zero-order valence-electron chi connectivity index (χ0n) is 13.1. The number of hydrogen-bond acceptors (Lipinski definition) is 4. The second-order valence-electron chi connectivity index (χ2n) is 5.11. The van der Waals surface area contributed by atoms with Gasteiger partial charge in [0, 0.05) is 43.3 Å². The molecule has 112 valence electrons. The number of nitrogens with zero attached hydrogens (tertiary/aromatic N) is 2. The van der Waals surface area contributed by atoms with Gasteiger partial charge in [-0.1, -0.05) is 6.07 Å². The van der Waals surface area contributed by atoms with Gasteiger partial charge >= 0.3 is 0 Å². The van der Waals surface area contributed by atoms with Gasteiger partial charge in [-0.15, -0.1) is 0 Å². The summed E-state index contributed by atoms with van der Waals surface area (Å²) in [6.07, 6.45) is 3.65. The summed E-state index contributed by atoms with van der Waals surface area (Å²) in [5.74, 6) is 0.913. The average Bonchev–Trinajstić information content (AvgIpc) is 2.54. The highest BCUT2D eigenvalue weighted by Crippen LogP contribution is 2.34. The largest absolute Gasteiger partial charge is 0.496 e. The molecule has 1 unspecified atom stereocenters. The van der Waals surface area contributed by atoms with Crippen molar-refractivity contribution in [2.24, 2.45) is 0 Å². The van der Waals surface area contributed by atoms with Crippen molar-refractivity contribution in [2.45, 2.75) is 19.5 Å². The number of ether oxygens (including phenoxy) is 1. The van der Waals surface area contributed by atoms with Crippen molar-refractivity contribution in [3.63, 3.8) is 0 Å². The van der Waals surface area contributed by atoms with Crippen molar-refractivity contribution in [2.75, 3.05) is 26.1 Å². The van der Waals surface area contributed by atoms with Crippen molar-refractivity contribution in [3.05, 3.63) is 53.9 Å². The first-order valence-electron chi connectivity index (χ1n) is 7.11. The summed E-state index contributed by atoms with van der Waals surface area (Å²) >= 11 is 0. The topological polar surface area (TPSA) is 37.4 Å². The standard InChI is InChI=1S/C17H23N3O/c1-13(18-2)17-15(6-5-7-16(17)21-4)20(3)12-14-8-10-19-11-9-14/h5-11,13,18H,12H2,1-4H3. The van der Waals surface area contributed by atoms with Crippen molar-refractivity contribution in [3.8, 4) is 5.75 Å². The maximum absolute atomic E-state index is 5.53. The Labute approximate surface area is 126 Å². The van der Waals surface area contributed by atoms with Crippen LogP contribution in [0.1, 0.15) is 24.1 Å². The summed E-state index contributed by atoms with van der Waals surface area (Å²) in [5, 5.41) is 3.30. The van der Waals surface area contributed by atoms with Gasteiger partial charge < -0.3 is 15.0 Å². The lowest BCUT2D eigenvalue weighted by Gasteiger charge is -2.26. The third-order valence-electron chi connectivity index (χ3n) is 3.71. The predicted molar refractivity (Wildman–Crippen MR) is 86.8 cm³/mol. The van der Waals surface area contributed by atoms with E-state index in [1.807, 2.05) is 43.7 Å². The summed E-state index contributed by atoms with van der Waals surface area (Å²) in [4.78, 5) is 6.30. The van der Waals surface area contributed by atoms with E-state index in [1.165, 1.54) is 16.8 Å². The maximum atomic E-state index is 5.53. The molecule has 1 N–H and O–H groups in total. The summed E-state index contributed by atoms with van der Waals surface area (Å²) in [5.41, 5.74) is 3.59. The molecule has 2 rings (SSSR count). The average molecular weight is 285 g/mol. The minimum absolute atomic E-state index is 0.219. The molecule has 1 aromatic carbocycles. The Morgan fingerprint density at radius 1 is 1.24 bits per heavy atom. The molecule has 0 aliphatic rings. The Kier molecular flexibility index (Phi) is 5.17. The molecule has 0 aliphatic carbocycles. The van der Waals surface area contributed by atoms with Crippen LogP contribution in [0.5, 0.6) is 5.75 Å². The van der Waals surface area contributed by atoms with Crippen LogP contribution in [0.15, 0.2) is 42.7 Å². The number of nitrogens with one attached hydrogen (secondary N) is 1. The molecule has 1 aromatic heterocycles. The van der Waals surface area contributed by atoms with Crippen LogP contribution in [0.25, 0.3) is 0 Å². The van der Waals surface area contributed by atoms with E-state index < -0.39 is 0 Å². The molecule has 4 nitrogen and oxygen atoms in total. The van der Waals surface area contributed by atoms with E-state index in [1.54, 1.807) is 7.11 Å². The number of hydrogen-bond donors (Lipinski definition) is 1. The predicted octanol–water partition coefficient (Wildman–Crippen LogP) is 3.01. The van der Waals surface area contributed by atoms with Crippen LogP contribution >= 0.6 is 0 Å². The molecule has 2 aromatic rings. The minimum atomic E-state index is 0.219. The molecule has 1 heterocycles. The highest BCUT2D eigenvalue weighted by Gasteiger charge is 2.17. The molecule has 0 radical (unpaired) electrons. The third kappa shape index (κ3) is 3.52. The van der Waals surface area contributed by atoms with E-state index >= 15 is 0 Å². The van der Waals surface area contributed by atoms with Gasteiger partial charge in [0.25, 0.3) is 0 Å². The van der Waals surface area contributed by atoms with Crippen LogP contribution in [-0.2, 0) is 6.54 Å². The van der Waals surface area contributed by atoms with Gasteiger partial charge in [-0.3, -0.25) is 4.98 Å². The van der Waals surface area contributed by atoms with Crippen LogP contribution in [0.4, 0.5) is 5.69 Å². The van der Waals surface area contributed by atoms with E-state index in [9.17, 15) is 0 Å². The number of aromatic nitrogens is 1. The summed E-state index contributed by atoms with van der Waals surface area (Å²) < 4.78 is 5.53. The summed E-state index contributed by atoms with van der Waals surface area (Å²) in [7, 11) is 5.78. The zero-order chi connectivity index (χ0) is 15.2. The molecule has 0 aliphatic heterocycles. The van der Waals surface area contributed by atoms with Crippen molar-refractivity contribution >= 4 is 5.69 Å². The number of pyridine rings is 1. The van der Waals surface area contributed by atoms with Crippen LogP contribution in [0.2, 0.25) is 0 Å². The lowest BCUT2D eigenvalue weighted by atomic mass is 10.0. The molecule has 21 heavy (non-hydrogen) atoms. The molecular weight excluding hydrogens is 262 g/mol. The first-order chi connectivity index (χ1) is 10.2. The van der Waals surface area contributed by atoms with Crippen molar-refractivity contribution < 1.29 is 4.74 Å². The van der Waals surface area contributed by atoms with Gasteiger partial charge in [-0.2, -0.15) is 0 Å². The fourth-order valence-corrected chi connectivity index (χ4v) is 2.47. The molecule has 0 amide bonds. The maximum Gasteiger partial charge on any atom is 0.125 e. The molecule has 0 bridgehead atoms. The van der Waals surface area contributed by atoms with E-state index in [0.717, 1.165) is 12.3 Å². The second-order valence-corrected chi connectivity index (χ2v) is 5.11. The molecule has 1 atom stereocenters. The minimum Gasteiger partial charge on any atom is -0.496 e. The monoisotopic (exact) mass is 285 g/mol. The smallest absolute Gasteiger partial charge is 0.125 e. The normalized spacial score (nSPS) is 12.0. The fraction of sp³-hybridized carbons (Fsp3) is 0.353. The molecule has 0 fully saturated rings. The third-order valence-corrected chi connectivity index (χ3v) is 3.71. The number of anilines is 1. The zero-order valence-corrected chi connectivity index (χ0v) is 13.1. The van der Waals surface area contributed by atoms with Gasteiger partial charge in [-0.05, 0) is 43.8 Å². The number of benzene rings is 1. The number of methoxy groups -OCH3 is 1. The molecule has 0 spiro atoms. The molecular formula is C17H23N3O. The Bertz CT molecular complexity index is 572. The molecule has 0 saturated carbocycles. The van der Waals surface area contributed by atoms with Crippen LogP contribution in [0.3, 0.4) is 0 Å². The Morgan fingerprint density at radius 2 is 1.95 bits per heavy atom. The fourth-order valence-electron chi connectivity index (χ4n) is 2.47. The Morgan fingerprint density at radius 3 is 2.57 bits per heavy atom. The van der Waals surface area contributed by atoms with Gasteiger partial charge in [0.1, 0.15) is 5.75 Å². The van der Waals surface area contributed by atoms with Crippen LogP contribution in [-0.4, -0.2) is 26.2 Å². The van der Waals surface area contributed by atoms with Crippen LogP contribution < -0.4 is 15.0 Å². The Hall–Kier alpha value is -2.07. The lowest BCUT2D eigenvalue weighted by Crippen LogP contribution is -2.22. The Balaban J connectivity index is 2.34. The number of rotatable bonds is 6. The lowest BCUT2D eigenvalue weighted by molar-refractivity contribution is 0.404. The van der Waals surface area contributed by atoms with Gasteiger partial charge in [0.05, 0.1) is 7.11 Å². The second kappa shape index (κ2) is 7.09. The van der Waals surface area contributed by atoms with Gasteiger partial charge in [0.15, 0.2) is 0 Å². The SMILES string of the molecule is CNC(C)c1c(OC)cccc1N(C)Cc1ccncc1. The summed E-state index contributed by atoms with van der Waals surface area (Å²) in [6.45, 7) is 2.97. The van der Waals surface area contributed by atoms with Gasteiger partial charge in [0.2, 0.25) is 0 Å². The first kappa shape index (κ1) is 15.3. The van der Waals surface area contributed by atoms with E-state index in [-0.39, 0.29) is 6.04 Å². The van der Waals surface area contributed by atoms with Crippen LogP contribution in [0, 0.1) is 0 Å². The van der Waals surface area contributed by atoms with E-state index in [2.05, 4.69) is 35.2 Å². The van der Waals surface area contributed by atoms with Crippen molar-refractivity contribution in [1.29, 1.82) is 0 Å². The highest BCUT2D eigenvalue weighted by molar-refractivity contribution is 5.60. The van der Waals surface area contributed by atoms with E-state index in [4.69, 9.17) is 4.74 Å². The molecule has 4 heteroatoms. The first-order valence-corrected chi connectivity index (χ1v) is 7.11. The van der Waals surface area contributed by atoms with Crippen molar-refractivity contribution in [1.82, 2.24) is 10.3 Å². The highest BCUT2D eigenvalue weighted by atomic mass is 16.5. The summed E-state index contributed by atoms with van der Waals surface area (Å²) in [6, 6.07) is 10.5. The van der Waals surface area contributed by atoms with E-state index in [0.29, 0.717) is 0 Å². The quantitative estimate of drug-likeness (QED) is 0.885. The molecule has 0 saturated heterocycles. The van der Waals surface area contributed by atoms with Gasteiger partial charge in [-0.25, -0.2) is 0 Å².